The summed E-state index contributed by atoms with van der Waals surface area (Å²) in [5, 5.41) is 23.2. The number of rotatable bonds is 6. The zero-order valence-electron chi connectivity index (χ0n) is 21.2. The summed E-state index contributed by atoms with van der Waals surface area (Å²) in [6.45, 7) is 0. The van der Waals surface area contributed by atoms with Gasteiger partial charge in [0.25, 0.3) is 23.2 Å². The van der Waals surface area contributed by atoms with Gasteiger partial charge in [-0.2, -0.15) is 8.61 Å². The zero-order chi connectivity index (χ0) is 29.5. The van der Waals surface area contributed by atoms with Crippen molar-refractivity contribution >= 4 is 58.7 Å². The van der Waals surface area contributed by atoms with Gasteiger partial charge in [-0.3, -0.25) is 29.8 Å². The van der Waals surface area contributed by atoms with Gasteiger partial charge in [0.2, 0.25) is 0 Å². The Kier molecular flexibility index (Phi) is 6.80. The number of carbonyl (C=O) groups excluding carboxylic acids is 3. The van der Waals surface area contributed by atoms with E-state index in [0.717, 1.165) is 32.5 Å². The first kappa shape index (κ1) is 26.9. The van der Waals surface area contributed by atoms with Gasteiger partial charge in [0.15, 0.2) is 0 Å². The van der Waals surface area contributed by atoms with Crippen molar-refractivity contribution in [3.8, 4) is 11.1 Å². The van der Waals surface area contributed by atoms with Crippen LogP contribution in [0.3, 0.4) is 0 Å². The summed E-state index contributed by atoms with van der Waals surface area (Å²) >= 11 is 1.66. The number of fused-ring (bicyclic) bond motifs is 3. The minimum absolute atomic E-state index is 0.0541. The maximum absolute atomic E-state index is 14.1. The molecule has 1 heterocycles. The lowest BCUT2D eigenvalue weighted by Crippen LogP contribution is -2.51. The molecule has 1 fully saturated rings. The predicted octanol–water partition coefficient (Wildman–Crippen LogP) is 6.49. The Balaban J connectivity index is 1.60. The first-order valence-corrected chi connectivity index (χ1v) is 13.8. The molecule has 1 aliphatic carbocycles. The number of hydrogen-bond acceptors (Lipinski definition) is 9. The molecular formula is C29H16N4O7S2. The van der Waals surface area contributed by atoms with E-state index in [1.807, 2.05) is 0 Å². The summed E-state index contributed by atoms with van der Waals surface area (Å²) in [7, 11) is 0. The lowest BCUT2D eigenvalue weighted by molar-refractivity contribution is -0.385. The molecule has 0 saturated carbocycles. The Labute approximate surface area is 246 Å². The van der Waals surface area contributed by atoms with Crippen molar-refractivity contribution in [3.63, 3.8) is 0 Å². The van der Waals surface area contributed by atoms with Gasteiger partial charge in [0, 0.05) is 39.6 Å². The van der Waals surface area contributed by atoms with Crippen molar-refractivity contribution in [2.75, 3.05) is 0 Å². The summed E-state index contributed by atoms with van der Waals surface area (Å²) in [6.07, 6.45) is 0. The highest BCUT2D eigenvalue weighted by atomic mass is 32.2. The SMILES string of the molecule is O=C1C(=C2c3cc([N+](=O)[O-])ccc3-c3cc([N+](=O)[O-])ccc32)C(=O)N(Sc2ccccc2)C(=O)N1Sc1ccccc1. The van der Waals surface area contributed by atoms with E-state index in [1.165, 1.54) is 36.4 Å². The van der Waals surface area contributed by atoms with Crippen LogP contribution < -0.4 is 0 Å². The number of nitro groups is 2. The summed E-state index contributed by atoms with van der Waals surface area (Å²) < 4.78 is 1.74. The molecular weight excluding hydrogens is 580 g/mol. The quantitative estimate of drug-likeness (QED) is 0.0706. The van der Waals surface area contributed by atoms with Gasteiger partial charge >= 0.3 is 6.03 Å². The molecule has 1 saturated heterocycles. The molecule has 0 unspecified atom stereocenters. The maximum Gasteiger partial charge on any atom is 0.355 e. The zero-order valence-corrected chi connectivity index (χ0v) is 22.8. The molecule has 11 nitrogen and oxygen atoms in total. The summed E-state index contributed by atoms with van der Waals surface area (Å²) in [5.74, 6) is -1.83. The number of urea groups is 1. The van der Waals surface area contributed by atoms with Crippen LogP contribution in [0.4, 0.5) is 16.2 Å². The van der Waals surface area contributed by atoms with Gasteiger partial charge in [-0.15, -0.1) is 0 Å². The van der Waals surface area contributed by atoms with Crippen molar-refractivity contribution in [2.24, 2.45) is 0 Å². The van der Waals surface area contributed by atoms with Gasteiger partial charge in [-0.05, 0) is 82.5 Å². The molecule has 206 valence electrons. The summed E-state index contributed by atoms with van der Waals surface area (Å²) in [4.78, 5) is 65.0. The van der Waals surface area contributed by atoms with Crippen LogP contribution in [0.2, 0.25) is 0 Å². The molecule has 4 aromatic carbocycles. The average Bonchev–Trinajstić information content (AvgIpc) is 3.31. The molecule has 0 bridgehead atoms. The normalized spacial score (nSPS) is 14.2. The first-order valence-electron chi connectivity index (χ1n) is 12.3. The Hall–Kier alpha value is -5.27. The monoisotopic (exact) mass is 596 g/mol. The Bertz CT molecular complexity index is 1800. The van der Waals surface area contributed by atoms with Crippen LogP contribution in [0.25, 0.3) is 16.7 Å². The van der Waals surface area contributed by atoms with E-state index in [2.05, 4.69) is 0 Å². The summed E-state index contributed by atoms with van der Waals surface area (Å²) in [5.41, 5.74) is 0.323. The minimum atomic E-state index is -0.914. The predicted molar refractivity (Wildman–Crippen MR) is 155 cm³/mol. The molecule has 0 atom stereocenters. The molecule has 42 heavy (non-hydrogen) atoms. The molecule has 4 aromatic rings. The number of amides is 4. The smallest absolute Gasteiger partial charge is 0.267 e. The second-order valence-electron chi connectivity index (χ2n) is 9.01. The van der Waals surface area contributed by atoms with Crippen molar-refractivity contribution in [3.05, 3.63) is 134 Å². The lowest BCUT2D eigenvalue weighted by atomic mass is 9.95. The first-order chi connectivity index (χ1) is 20.2. The van der Waals surface area contributed by atoms with E-state index in [-0.39, 0.29) is 22.5 Å². The second-order valence-corrected chi connectivity index (χ2v) is 11.1. The third-order valence-corrected chi connectivity index (χ3v) is 8.51. The fraction of sp³-hybridized carbons (Fsp3) is 0. The number of non-ortho nitro benzene ring substituents is 2. The lowest BCUT2D eigenvalue weighted by Gasteiger charge is -2.32. The van der Waals surface area contributed by atoms with Crippen molar-refractivity contribution < 1.29 is 24.2 Å². The third-order valence-electron chi connectivity index (χ3n) is 6.53. The van der Waals surface area contributed by atoms with Crippen LogP contribution in [-0.2, 0) is 9.59 Å². The van der Waals surface area contributed by atoms with Crippen LogP contribution in [0.5, 0.6) is 0 Å². The van der Waals surface area contributed by atoms with Gasteiger partial charge in [0.05, 0.1) is 9.85 Å². The van der Waals surface area contributed by atoms with Crippen molar-refractivity contribution in [2.45, 2.75) is 9.79 Å². The van der Waals surface area contributed by atoms with E-state index in [4.69, 9.17) is 0 Å². The molecule has 0 spiro atoms. The van der Waals surface area contributed by atoms with Crippen LogP contribution in [0.15, 0.2) is 112 Å². The standard InChI is InChI=1S/C29H16N4O7S2/c34-27-26(25-22-14-12-17(32(37)38)15-23(22)21-13-11-18(33(39)40)16-24(21)25)28(35)31(42-20-9-5-2-6-10-20)29(36)30(27)41-19-7-3-1-4-8-19/h1-16H. The molecule has 2 aliphatic rings. The van der Waals surface area contributed by atoms with E-state index < -0.39 is 33.3 Å². The maximum atomic E-state index is 14.1. The number of benzene rings is 4. The molecule has 4 amide bonds. The number of nitro benzene ring substituents is 2. The number of carbonyl (C=O) groups is 3. The Morgan fingerprint density at radius 1 is 0.524 bits per heavy atom. The molecule has 6 rings (SSSR count). The van der Waals surface area contributed by atoms with Crippen LogP contribution >= 0.6 is 23.9 Å². The van der Waals surface area contributed by atoms with Crippen molar-refractivity contribution in [1.29, 1.82) is 0 Å². The van der Waals surface area contributed by atoms with Gasteiger partial charge in [-0.1, -0.05) is 36.4 Å². The fourth-order valence-corrected chi connectivity index (χ4v) is 6.39. The molecule has 0 radical (unpaired) electrons. The Morgan fingerprint density at radius 3 is 1.45 bits per heavy atom. The van der Waals surface area contributed by atoms with Gasteiger partial charge in [-0.25, -0.2) is 4.79 Å². The number of barbiturate groups is 1. The molecule has 0 N–H and O–H groups in total. The van der Waals surface area contributed by atoms with Crippen LogP contribution in [0, 0.1) is 20.2 Å². The number of hydrogen-bond donors (Lipinski definition) is 0. The molecule has 1 aliphatic heterocycles. The largest absolute Gasteiger partial charge is 0.355 e. The minimum Gasteiger partial charge on any atom is -0.267 e. The highest BCUT2D eigenvalue weighted by Crippen LogP contribution is 2.50. The van der Waals surface area contributed by atoms with E-state index in [1.54, 1.807) is 60.7 Å². The molecule has 0 aromatic heterocycles. The highest BCUT2D eigenvalue weighted by molar-refractivity contribution is 7.99. The van der Waals surface area contributed by atoms with E-state index >= 15 is 0 Å². The number of imide groups is 2. The third kappa shape index (κ3) is 4.60. The second kappa shape index (κ2) is 10.6. The fourth-order valence-electron chi connectivity index (χ4n) is 4.69. The van der Waals surface area contributed by atoms with Crippen LogP contribution in [-0.4, -0.2) is 36.3 Å². The van der Waals surface area contributed by atoms with Crippen molar-refractivity contribution in [1.82, 2.24) is 8.61 Å². The van der Waals surface area contributed by atoms with Crippen LogP contribution in [0.1, 0.15) is 11.1 Å². The summed E-state index contributed by atoms with van der Waals surface area (Å²) in [6, 6.07) is 24.2. The highest BCUT2D eigenvalue weighted by Gasteiger charge is 2.47. The van der Waals surface area contributed by atoms with Gasteiger partial charge in [0.1, 0.15) is 5.57 Å². The Morgan fingerprint density at radius 2 is 0.976 bits per heavy atom. The van der Waals surface area contributed by atoms with E-state index in [9.17, 15) is 34.6 Å². The van der Waals surface area contributed by atoms with Gasteiger partial charge < -0.3 is 0 Å². The topological polar surface area (TPSA) is 144 Å². The van der Waals surface area contributed by atoms with E-state index in [0.29, 0.717) is 26.5 Å². The molecule has 13 heteroatoms. The number of nitrogens with zero attached hydrogens (tertiary/aromatic N) is 4. The average molecular weight is 597 g/mol.